The second kappa shape index (κ2) is 13.5. The number of hydrogen-bond acceptors (Lipinski definition) is 8. The summed E-state index contributed by atoms with van der Waals surface area (Å²) in [6.45, 7) is 4.53. The molecule has 0 saturated carbocycles. The van der Waals surface area contributed by atoms with Crippen molar-refractivity contribution < 1.29 is 34.1 Å². The van der Waals surface area contributed by atoms with Crippen LogP contribution in [-0.2, 0) is 20.7 Å². The zero-order valence-corrected chi connectivity index (χ0v) is 21.5. The van der Waals surface area contributed by atoms with Gasteiger partial charge in [-0.2, -0.15) is 0 Å². The molecule has 38 heavy (non-hydrogen) atoms. The number of ether oxygens (including phenoxy) is 1. The fourth-order valence-electron chi connectivity index (χ4n) is 4.04. The number of aliphatic hydroxyl groups excluding tert-OH is 1. The number of rotatable bonds is 10. The van der Waals surface area contributed by atoms with E-state index < -0.39 is 36.0 Å². The highest BCUT2D eigenvalue weighted by atomic mass is 16.6. The van der Waals surface area contributed by atoms with E-state index in [1.54, 1.807) is 26.0 Å². The lowest BCUT2D eigenvalue weighted by atomic mass is 10.1. The van der Waals surface area contributed by atoms with Crippen molar-refractivity contribution in [2.75, 3.05) is 32.8 Å². The zero-order chi connectivity index (χ0) is 27.7. The highest BCUT2D eigenvalue weighted by Crippen LogP contribution is 2.17. The van der Waals surface area contributed by atoms with Crippen LogP contribution in [-0.4, -0.2) is 98.8 Å². The number of piperazine rings is 1. The van der Waals surface area contributed by atoms with Crippen LogP contribution in [0.2, 0.25) is 0 Å². The lowest BCUT2D eigenvalue weighted by Crippen LogP contribution is -2.56. The van der Waals surface area contributed by atoms with Crippen molar-refractivity contribution >= 4 is 23.9 Å². The van der Waals surface area contributed by atoms with Crippen molar-refractivity contribution in [3.63, 3.8) is 0 Å². The van der Waals surface area contributed by atoms with E-state index in [4.69, 9.17) is 4.74 Å². The number of carbonyl (C=O) groups excluding carboxylic acids is 3. The van der Waals surface area contributed by atoms with E-state index in [1.807, 2.05) is 18.2 Å². The van der Waals surface area contributed by atoms with Gasteiger partial charge in [-0.05, 0) is 26.3 Å². The molecule has 1 aliphatic rings. The second-order valence-electron chi connectivity index (χ2n) is 8.96. The van der Waals surface area contributed by atoms with Gasteiger partial charge < -0.3 is 30.1 Å². The summed E-state index contributed by atoms with van der Waals surface area (Å²) in [5, 5.41) is 21.7. The molecule has 2 unspecified atom stereocenters. The molecule has 12 heteroatoms. The number of carboxylic acids is 1. The molecule has 2 atom stereocenters. The van der Waals surface area contributed by atoms with Gasteiger partial charge in [0.05, 0.1) is 12.7 Å². The first-order chi connectivity index (χ1) is 18.2. The van der Waals surface area contributed by atoms with Gasteiger partial charge in [-0.3, -0.25) is 14.4 Å². The predicted octanol–water partition coefficient (Wildman–Crippen LogP) is 1.33. The van der Waals surface area contributed by atoms with Crippen molar-refractivity contribution in [1.29, 1.82) is 0 Å². The topological polar surface area (TPSA) is 162 Å². The van der Waals surface area contributed by atoms with E-state index in [0.717, 1.165) is 0 Å². The predicted molar refractivity (Wildman–Crippen MR) is 136 cm³/mol. The number of carbonyl (C=O) groups is 4. The SMILES string of the molecule is CCOC(=O)N1CCN(C(=O)C(CCC(=O)O)NC(=O)c2cc(CC(C)O)nc(-c3ccccc3)n2)CC1. The van der Waals surface area contributed by atoms with E-state index >= 15 is 0 Å². The van der Waals surface area contributed by atoms with Crippen molar-refractivity contribution in [3.05, 3.63) is 47.8 Å². The van der Waals surface area contributed by atoms with Gasteiger partial charge in [0.2, 0.25) is 5.91 Å². The van der Waals surface area contributed by atoms with Gasteiger partial charge >= 0.3 is 12.1 Å². The fraction of sp³-hybridized carbons (Fsp3) is 0.462. The standard InChI is InChI=1S/C26H33N5O7/c1-3-38-26(37)31-13-11-30(12-14-31)25(36)20(9-10-22(33)34)29-24(35)21-16-19(15-17(2)32)27-23(28-21)18-7-5-4-6-8-18/h4-8,16-17,20,32H,3,9-15H2,1-2H3,(H,29,35)(H,33,34). The Bertz CT molecular complexity index is 1130. The molecule has 1 saturated heterocycles. The van der Waals surface area contributed by atoms with Crippen LogP contribution < -0.4 is 5.32 Å². The Morgan fingerprint density at radius 1 is 1.05 bits per heavy atom. The Morgan fingerprint density at radius 3 is 2.32 bits per heavy atom. The summed E-state index contributed by atoms with van der Waals surface area (Å²) in [7, 11) is 0. The van der Waals surface area contributed by atoms with E-state index in [9.17, 15) is 29.4 Å². The molecule has 3 N–H and O–H groups in total. The molecule has 0 radical (unpaired) electrons. The molecule has 1 aromatic carbocycles. The minimum atomic E-state index is -1.11. The van der Waals surface area contributed by atoms with Crippen molar-refractivity contribution in [1.82, 2.24) is 25.1 Å². The molecular formula is C26H33N5O7. The second-order valence-corrected chi connectivity index (χ2v) is 8.96. The molecule has 3 rings (SSSR count). The molecule has 2 heterocycles. The first-order valence-corrected chi connectivity index (χ1v) is 12.5. The molecule has 1 aliphatic heterocycles. The normalized spacial score (nSPS) is 14.9. The van der Waals surface area contributed by atoms with Crippen LogP contribution in [0.3, 0.4) is 0 Å². The lowest BCUT2D eigenvalue weighted by molar-refractivity contribution is -0.138. The summed E-state index contributed by atoms with van der Waals surface area (Å²) in [5.41, 5.74) is 1.12. The summed E-state index contributed by atoms with van der Waals surface area (Å²) >= 11 is 0. The number of aliphatic carboxylic acids is 1. The van der Waals surface area contributed by atoms with Crippen LogP contribution >= 0.6 is 0 Å². The Kier molecular flexibility index (Phi) is 10.1. The number of hydrogen-bond donors (Lipinski definition) is 3. The molecule has 0 aliphatic carbocycles. The average molecular weight is 528 g/mol. The average Bonchev–Trinajstić information content (AvgIpc) is 2.90. The molecule has 1 fully saturated rings. The largest absolute Gasteiger partial charge is 0.481 e. The number of aromatic nitrogens is 2. The number of aliphatic hydroxyl groups is 1. The van der Waals surface area contributed by atoms with Gasteiger partial charge in [0.15, 0.2) is 5.82 Å². The molecular weight excluding hydrogens is 494 g/mol. The van der Waals surface area contributed by atoms with Crippen LogP contribution in [0.4, 0.5) is 4.79 Å². The third-order valence-electron chi connectivity index (χ3n) is 5.92. The Hall–Kier alpha value is -4.06. The fourth-order valence-corrected chi connectivity index (χ4v) is 4.04. The van der Waals surface area contributed by atoms with Crippen LogP contribution in [0.15, 0.2) is 36.4 Å². The van der Waals surface area contributed by atoms with Crippen molar-refractivity contribution in [2.45, 2.75) is 45.3 Å². The minimum absolute atomic E-state index is 0.00485. The Labute approximate surface area is 220 Å². The van der Waals surface area contributed by atoms with E-state index in [2.05, 4.69) is 15.3 Å². The molecule has 3 amide bonds. The van der Waals surface area contributed by atoms with E-state index in [-0.39, 0.29) is 63.6 Å². The monoisotopic (exact) mass is 527 g/mol. The van der Waals surface area contributed by atoms with Crippen LogP contribution in [0, 0.1) is 0 Å². The molecule has 1 aromatic heterocycles. The zero-order valence-electron chi connectivity index (χ0n) is 21.5. The molecule has 12 nitrogen and oxygen atoms in total. The van der Waals surface area contributed by atoms with Crippen LogP contribution in [0.25, 0.3) is 11.4 Å². The molecule has 2 aromatic rings. The van der Waals surface area contributed by atoms with Gasteiger partial charge in [-0.1, -0.05) is 30.3 Å². The van der Waals surface area contributed by atoms with Crippen molar-refractivity contribution in [3.8, 4) is 11.4 Å². The maximum absolute atomic E-state index is 13.3. The third kappa shape index (κ3) is 7.97. The summed E-state index contributed by atoms with van der Waals surface area (Å²) in [6.07, 6.45) is -1.42. The number of nitrogens with one attached hydrogen (secondary N) is 1. The first-order valence-electron chi connectivity index (χ1n) is 12.5. The maximum Gasteiger partial charge on any atom is 0.409 e. The molecule has 0 bridgehead atoms. The Balaban J connectivity index is 1.79. The number of carboxylic acid groups (broad SMARTS) is 1. The maximum atomic E-state index is 13.3. The Morgan fingerprint density at radius 2 is 1.71 bits per heavy atom. The smallest absolute Gasteiger partial charge is 0.409 e. The number of nitrogens with zero attached hydrogens (tertiary/aromatic N) is 4. The van der Waals surface area contributed by atoms with Gasteiger partial charge in [-0.25, -0.2) is 14.8 Å². The number of amides is 3. The summed E-state index contributed by atoms with van der Waals surface area (Å²) in [6, 6.07) is 9.37. The summed E-state index contributed by atoms with van der Waals surface area (Å²) < 4.78 is 5.00. The summed E-state index contributed by atoms with van der Waals surface area (Å²) in [4.78, 5) is 61.6. The highest BCUT2D eigenvalue weighted by Gasteiger charge is 2.31. The highest BCUT2D eigenvalue weighted by molar-refractivity contribution is 5.96. The quantitative estimate of drug-likeness (QED) is 0.414. The first kappa shape index (κ1) is 28.5. The van der Waals surface area contributed by atoms with Crippen LogP contribution in [0.5, 0.6) is 0 Å². The third-order valence-corrected chi connectivity index (χ3v) is 5.92. The van der Waals surface area contributed by atoms with Gasteiger partial charge in [0.1, 0.15) is 11.7 Å². The minimum Gasteiger partial charge on any atom is -0.481 e. The molecule has 0 spiro atoms. The van der Waals surface area contributed by atoms with Crippen molar-refractivity contribution in [2.24, 2.45) is 0 Å². The van der Waals surface area contributed by atoms with Gasteiger partial charge in [-0.15, -0.1) is 0 Å². The summed E-state index contributed by atoms with van der Waals surface area (Å²) in [5.74, 6) is -1.91. The van der Waals surface area contributed by atoms with Crippen LogP contribution in [0.1, 0.15) is 42.9 Å². The van der Waals surface area contributed by atoms with E-state index in [1.165, 1.54) is 15.9 Å². The van der Waals surface area contributed by atoms with Gasteiger partial charge in [0.25, 0.3) is 5.91 Å². The lowest BCUT2D eigenvalue weighted by Gasteiger charge is -2.35. The van der Waals surface area contributed by atoms with Gasteiger partial charge in [0, 0.05) is 50.3 Å². The molecule has 204 valence electrons. The number of benzene rings is 1. The van der Waals surface area contributed by atoms with E-state index in [0.29, 0.717) is 11.3 Å².